The summed E-state index contributed by atoms with van der Waals surface area (Å²) < 4.78 is 143. The molecular weight excluding hydrogens is 767 g/mol. The zero-order valence-electron chi connectivity index (χ0n) is 28.1. The summed E-state index contributed by atoms with van der Waals surface area (Å²) in [6.45, 7) is 16.6. The Labute approximate surface area is 305 Å². The van der Waals surface area contributed by atoms with Crippen LogP contribution in [0.1, 0.15) is 48.3 Å². The Hall–Kier alpha value is -5.14. The maximum Gasteiger partial charge on any atom is 0.281 e. The lowest BCUT2D eigenvalue weighted by Gasteiger charge is -2.16. The Morgan fingerprint density at radius 1 is 0.667 bits per heavy atom. The molecule has 0 radical (unpaired) electrons. The van der Waals surface area contributed by atoms with Crippen molar-refractivity contribution < 1.29 is 62.9 Å². The minimum Gasteiger partial charge on any atom is -0.458 e. The summed E-state index contributed by atoms with van der Waals surface area (Å²) in [5, 5.41) is 20.0. The number of alkyl halides is 4. The van der Waals surface area contributed by atoms with E-state index in [1.807, 2.05) is 0 Å². The fourth-order valence-corrected chi connectivity index (χ4v) is 8.25. The molecule has 54 heavy (non-hydrogen) atoms. The highest BCUT2D eigenvalue weighted by Crippen LogP contribution is 2.51. The topological polar surface area (TPSA) is 136 Å². The molecule has 6 rings (SSSR count). The van der Waals surface area contributed by atoms with E-state index in [4.69, 9.17) is 22.6 Å². The Balaban J connectivity index is 0.000000208. The quantitative estimate of drug-likeness (QED) is 0.134. The summed E-state index contributed by atoms with van der Waals surface area (Å²) in [5.41, 5.74) is -1.21. The lowest BCUT2D eigenvalue weighted by atomic mass is 10.1. The predicted molar refractivity (Wildman–Crippen MR) is 181 cm³/mol. The highest BCUT2D eigenvalue weighted by atomic mass is 32.2. The lowest BCUT2D eigenvalue weighted by molar-refractivity contribution is -0.0978. The average molecular weight is 795 g/mol. The van der Waals surface area contributed by atoms with Gasteiger partial charge in [-0.1, -0.05) is 13.8 Å². The predicted octanol–water partition coefficient (Wildman–Crippen LogP) is 8.37. The number of rotatable bonds is 8. The molecule has 2 unspecified atom stereocenters. The van der Waals surface area contributed by atoms with Crippen LogP contribution in [0.5, 0.6) is 23.0 Å². The number of sulfone groups is 2. The summed E-state index contributed by atoms with van der Waals surface area (Å²) in [5.74, 6) is -9.72. The number of aliphatic hydroxyl groups is 2. The van der Waals surface area contributed by atoms with Crippen molar-refractivity contribution in [3.63, 3.8) is 0 Å². The average Bonchev–Trinajstić information content (AvgIpc) is 3.50. The van der Waals surface area contributed by atoms with Crippen LogP contribution in [0.15, 0.2) is 70.5 Å². The molecule has 18 heteroatoms. The first-order chi connectivity index (χ1) is 25.2. The summed E-state index contributed by atoms with van der Waals surface area (Å²) >= 11 is 0. The van der Waals surface area contributed by atoms with Crippen molar-refractivity contribution in [1.82, 2.24) is 0 Å². The van der Waals surface area contributed by atoms with E-state index in [-0.39, 0.29) is 66.8 Å². The largest absolute Gasteiger partial charge is 0.458 e. The molecule has 284 valence electrons. The fraction of sp³-hybridized carbons (Fsp3) is 0.278. The van der Waals surface area contributed by atoms with Gasteiger partial charge in [0.1, 0.15) is 46.8 Å². The molecule has 0 heterocycles. The van der Waals surface area contributed by atoms with Crippen molar-refractivity contribution in [3.05, 3.63) is 117 Å². The molecule has 2 N–H and O–H groups in total. The van der Waals surface area contributed by atoms with E-state index in [9.17, 15) is 53.4 Å². The van der Waals surface area contributed by atoms with E-state index >= 15 is 0 Å². The molecule has 2 aliphatic carbocycles. The Morgan fingerprint density at radius 2 is 1.02 bits per heavy atom. The van der Waals surface area contributed by atoms with Crippen molar-refractivity contribution in [2.24, 2.45) is 0 Å². The molecule has 0 fully saturated rings. The van der Waals surface area contributed by atoms with Crippen LogP contribution >= 0.6 is 0 Å². The minimum atomic E-state index is -3.86. The Morgan fingerprint density at radius 3 is 1.33 bits per heavy atom. The van der Waals surface area contributed by atoms with Crippen LogP contribution in [0.4, 0.5) is 37.7 Å². The maximum absolute atomic E-state index is 14.1. The summed E-state index contributed by atoms with van der Waals surface area (Å²) in [7, 11) is -7.72. The molecule has 4 aromatic carbocycles. The van der Waals surface area contributed by atoms with Crippen LogP contribution in [0, 0.1) is 24.8 Å². The van der Waals surface area contributed by atoms with Gasteiger partial charge in [0.05, 0.1) is 34.4 Å². The van der Waals surface area contributed by atoms with Crippen LogP contribution in [0.25, 0.3) is 9.69 Å². The molecule has 10 nitrogen and oxygen atoms in total. The molecule has 0 saturated carbocycles. The van der Waals surface area contributed by atoms with Crippen molar-refractivity contribution >= 4 is 31.0 Å². The van der Waals surface area contributed by atoms with Gasteiger partial charge in [0.2, 0.25) is 0 Å². The monoisotopic (exact) mass is 794 g/mol. The van der Waals surface area contributed by atoms with E-state index in [0.717, 1.165) is 36.4 Å². The van der Waals surface area contributed by atoms with Gasteiger partial charge < -0.3 is 19.7 Å². The van der Waals surface area contributed by atoms with Crippen LogP contribution in [-0.2, 0) is 32.5 Å². The smallest absolute Gasteiger partial charge is 0.281 e. The number of hydrogen-bond acceptors (Lipinski definition) is 8. The summed E-state index contributed by atoms with van der Waals surface area (Å²) in [6.07, 6.45) is -6.43. The van der Waals surface area contributed by atoms with E-state index in [1.54, 1.807) is 0 Å². The number of benzene rings is 4. The molecule has 0 aliphatic heterocycles. The van der Waals surface area contributed by atoms with Gasteiger partial charge in [-0.25, -0.2) is 52.9 Å². The zero-order chi connectivity index (χ0) is 40.0. The molecule has 0 amide bonds. The molecular formula is C36H28F6N2O8S2. The standard InChI is InChI=1S/2C18H14F3NO4S/c2*1-3-27(24,25)15-5-4-14(13-9-18(20,21)17(23)16(13)15)26-12-7-10(19)6-11(8-12)22-2/h2*4-8,17,23H,3,9H2,1H3. The normalized spacial score (nSPS) is 18.0. The van der Waals surface area contributed by atoms with Crippen LogP contribution in [0.3, 0.4) is 0 Å². The highest BCUT2D eigenvalue weighted by Gasteiger charge is 2.51. The molecule has 0 aromatic heterocycles. The van der Waals surface area contributed by atoms with Crippen molar-refractivity contribution in [1.29, 1.82) is 0 Å². The number of hydrogen-bond donors (Lipinski definition) is 2. The van der Waals surface area contributed by atoms with E-state index in [2.05, 4.69) is 9.69 Å². The first kappa shape index (κ1) is 40.1. The van der Waals surface area contributed by atoms with Crippen LogP contribution in [0.2, 0.25) is 0 Å². The number of halogens is 6. The van der Waals surface area contributed by atoms with Gasteiger partial charge in [-0.05, 0) is 48.5 Å². The van der Waals surface area contributed by atoms with E-state index < -0.39 is 79.3 Å². The number of nitrogens with zero attached hydrogens (tertiary/aromatic N) is 2. The van der Waals surface area contributed by atoms with Gasteiger partial charge in [0.25, 0.3) is 11.8 Å². The minimum absolute atomic E-state index is 0.0443. The van der Waals surface area contributed by atoms with Gasteiger partial charge >= 0.3 is 0 Å². The third-order valence-corrected chi connectivity index (χ3v) is 12.1. The second kappa shape index (κ2) is 14.6. The molecule has 2 atom stereocenters. The number of ether oxygens (including phenoxy) is 2. The zero-order valence-corrected chi connectivity index (χ0v) is 29.7. The van der Waals surface area contributed by atoms with Crippen molar-refractivity contribution in [2.75, 3.05) is 11.5 Å². The first-order valence-corrected chi connectivity index (χ1v) is 19.1. The fourth-order valence-electron chi connectivity index (χ4n) is 5.94. The van der Waals surface area contributed by atoms with E-state index in [1.165, 1.54) is 38.1 Å². The number of fused-ring (bicyclic) bond motifs is 2. The summed E-state index contributed by atoms with van der Waals surface area (Å²) in [6, 6.07) is 10.9. The maximum atomic E-state index is 14.1. The summed E-state index contributed by atoms with van der Waals surface area (Å²) in [4.78, 5) is 5.43. The second-order valence-corrected chi connectivity index (χ2v) is 16.6. The Kier molecular flexibility index (Phi) is 10.8. The molecule has 0 spiro atoms. The van der Waals surface area contributed by atoms with Crippen LogP contribution < -0.4 is 9.47 Å². The van der Waals surface area contributed by atoms with Gasteiger partial charge in [-0.3, -0.25) is 0 Å². The molecule has 0 bridgehead atoms. The van der Waals surface area contributed by atoms with Crippen LogP contribution in [-0.4, -0.2) is 50.4 Å². The van der Waals surface area contributed by atoms with Crippen molar-refractivity contribution in [3.8, 4) is 23.0 Å². The van der Waals surface area contributed by atoms with Gasteiger partial charge in [-0.15, -0.1) is 0 Å². The lowest BCUT2D eigenvalue weighted by Crippen LogP contribution is -2.22. The van der Waals surface area contributed by atoms with Gasteiger partial charge in [-0.2, -0.15) is 0 Å². The van der Waals surface area contributed by atoms with Gasteiger partial charge in [0.15, 0.2) is 31.0 Å². The molecule has 0 saturated heterocycles. The first-order valence-electron chi connectivity index (χ1n) is 15.8. The molecule has 4 aromatic rings. The Bertz CT molecular complexity index is 2290. The second-order valence-electron chi connectivity index (χ2n) is 12.1. The van der Waals surface area contributed by atoms with Gasteiger partial charge in [0, 0.05) is 47.2 Å². The SMILES string of the molecule is [C-]#[N+]c1cc(F)cc(Oc2ccc(S(=O)(=O)CC)c3c2CC(F)(F)C3O)c1.[C-]#[N+]c1cc(F)cc(Oc2ccc(S(=O)(=O)CC)c3c2CC(F)(F)C3O)c1. The third kappa shape index (κ3) is 7.74. The third-order valence-electron chi connectivity index (χ3n) is 8.58. The van der Waals surface area contributed by atoms with E-state index in [0.29, 0.717) is 0 Å². The molecule has 2 aliphatic rings. The number of aliphatic hydroxyl groups excluding tert-OH is 2. The van der Waals surface area contributed by atoms with Crippen molar-refractivity contribution in [2.45, 2.75) is 60.5 Å². The highest BCUT2D eigenvalue weighted by molar-refractivity contribution is 7.91.